The van der Waals surface area contributed by atoms with E-state index in [0.717, 1.165) is 6.20 Å². The molecule has 2 N–H and O–H groups in total. The van der Waals surface area contributed by atoms with Gasteiger partial charge >= 0.3 is 6.03 Å². The summed E-state index contributed by atoms with van der Waals surface area (Å²) in [5, 5.41) is 17.7. The van der Waals surface area contributed by atoms with Crippen molar-refractivity contribution in [1.82, 2.24) is 9.80 Å². The predicted octanol–water partition coefficient (Wildman–Crippen LogP) is -0.889. The quantitative estimate of drug-likeness (QED) is 0.520. The number of hydroxylamine groups is 2. The number of carbonyl (C=O) groups excluding carboxylic acids is 1. The van der Waals surface area contributed by atoms with Crippen LogP contribution in [0.5, 0.6) is 0 Å². The Morgan fingerprint density at radius 1 is 1.62 bits per heavy atom. The van der Waals surface area contributed by atoms with E-state index in [4.69, 9.17) is 5.21 Å². The molecule has 0 radical (unpaired) electrons. The molecule has 0 aromatic rings. The third-order valence-corrected chi connectivity index (χ3v) is 1.72. The molecule has 0 fully saturated rings. The van der Waals surface area contributed by atoms with Crippen molar-refractivity contribution in [2.75, 3.05) is 14.1 Å². The van der Waals surface area contributed by atoms with Gasteiger partial charge in [-0.05, 0) is 6.08 Å². The van der Waals surface area contributed by atoms with Gasteiger partial charge in [-0.15, -0.1) is 0 Å². The van der Waals surface area contributed by atoms with Gasteiger partial charge in [0.2, 0.25) is 0 Å². The van der Waals surface area contributed by atoms with Crippen molar-refractivity contribution in [2.45, 2.75) is 0 Å². The minimum Gasteiger partial charge on any atom is -0.595 e. The molecule has 72 valence electrons. The van der Waals surface area contributed by atoms with E-state index in [-0.39, 0.29) is 6.03 Å². The molecule has 13 heavy (non-hydrogen) atoms. The molecule has 6 heteroatoms. The lowest BCUT2D eigenvalue weighted by atomic mass is 10.3. The molecule has 1 heterocycles. The first-order valence-electron chi connectivity index (χ1n) is 3.65. The summed E-state index contributed by atoms with van der Waals surface area (Å²) in [6.45, 7) is 0. The number of carbonyl (C=O) groups is 1. The number of likely N-dealkylation sites (N-methyl/N-ethyl adjacent to an activating group) is 1. The molecule has 0 bridgehead atoms. The maximum atomic E-state index is 11.3. The van der Waals surface area contributed by atoms with Gasteiger partial charge in [-0.3, -0.25) is 4.90 Å². The lowest BCUT2D eigenvalue weighted by Crippen LogP contribution is -2.99. The summed E-state index contributed by atoms with van der Waals surface area (Å²) >= 11 is 0. The highest BCUT2D eigenvalue weighted by atomic mass is 16.8. The van der Waals surface area contributed by atoms with E-state index in [1.807, 2.05) is 0 Å². The van der Waals surface area contributed by atoms with Crippen LogP contribution >= 0.6 is 0 Å². The van der Waals surface area contributed by atoms with Gasteiger partial charge < -0.3 is 10.1 Å². The molecule has 1 atom stereocenters. The van der Waals surface area contributed by atoms with Crippen LogP contribution in [-0.2, 0) is 0 Å². The van der Waals surface area contributed by atoms with Crippen LogP contribution in [0.25, 0.3) is 0 Å². The Morgan fingerprint density at radius 3 is 2.77 bits per heavy atom. The second-order valence-electron chi connectivity index (χ2n) is 2.68. The molecule has 0 spiro atoms. The fourth-order valence-corrected chi connectivity index (χ4v) is 0.982. The molecule has 0 saturated heterocycles. The van der Waals surface area contributed by atoms with Gasteiger partial charge in [-0.1, -0.05) is 0 Å². The van der Waals surface area contributed by atoms with Gasteiger partial charge in [0.1, 0.15) is 5.70 Å². The molecular formula is C7H11N3O3. The van der Waals surface area contributed by atoms with Crippen molar-refractivity contribution in [3.8, 4) is 0 Å². The maximum Gasteiger partial charge on any atom is 0.328 e. The first-order chi connectivity index (χ1) is 6.02. The number of nitrogens with one attached hydrogen (secondary N) is 1. The Morgan fingerprint density at radius 2 is 2.23 bits per heavy atom. The van der Waals surface area contributed by atoms with Gasteiger partial charge in [0.25, 0.3) is 0 Å². The molecule has 1 rings (SSSR count). The number of quaternary nitrogens is 1. The first kappa shape index (κ1) is 9.72. The molecule has 6 nitrogen and oxygen atoms in total. The molecule has 1 aliphatic heterocycles. The molecular weight excluding hydrogens is 174 g/mol. The van der Waals surface area contributed by atoms with Crippen molar-refractivity contribution >= 4 is 6.03 Å². The number of hydrogen-bond donors (Lipinski definition) is 2. The largest absolute Gasteiger partial charge is 0.595 e. The van der Waals surface area contributed by atoms with Gasteiger partial charge in [0.05, 0.1) is 0 Å². The van der Waals surface area contributed by atoms with Crippen molar-refractivity contribution < 1.29 is 15.2 Å². The van der Waals surface area contributed by atoms with Crippen LogP contribution < -0.4 is 5.23 Å². The highest BCUT2D eigenvalue weighted by Crippen LogP contribution is 2.11. The standard InChI is InChI=1S/C7H11N3O3/c1-8-4-3-6(5-10(12)13)9(2)7(8)11/h3-5,10,12H,1-2H3/b6-5-. The number of amides is 2. The zero-order valence-electron chi connectivity index (χ0n) is 7.39. The van der Waals surface area contributed by atoms with Crippen LogP contribution in [0.15, 0.2) is 24.2 Å². The van der Waals surface area contributed by atoms with Crippen LogP contribution in [0.2, 0.25) is 0 Å². The number of nitrogens with zero attached hydrogens (tertiary/aromatic N) is 2. The summed E-state index contributed by atoms with van der Waals surface area (Å²) in [5.41, 5.74) is 0.371. The highest BCUT2D eigenvalue weighted by molar-refractivity contribution is 5.78. The van der Waals surface area contributed by atoms with Crippen molar-refractivity contribution in [2.24, 2.45) is 0 Å². The average Bonchev–Trinajstić information content (AvgIpc) is 2.06. The monoisotopic (exact) mass is 185 g/mol. The minimum atomic E-state index is -1.07. The molecule has 2 amide bonds. The average molecular weight is 185 g/mol. The second kappa shape index (κ2) is 3.56. The third-order valence-electron chi connectivity index (χ3n) is 1.72. The molecule has 1 unspecified atom stereocenters. The normalized spacial score (nSPS) is 22.8. The van der Waals surface area contributed by atoms with Crippen LogP contribution in [0.3, 0.4) is 0 Å². The number of rotatable bonds is 1. The van der Waals surface area contributed by atoms with E-state index in [0.29, 0.717) is 5.70 Å². The minimum absolute atomic E-state index is 0.255. The van der Waals surface area contributed by atoms with Crippen molar-refractivity contribution in [1.29, 1.82) is 0 Å². The molecule has 0 aromatic carbocycles. The van der Waals surface area contributed by atoms with E-state index in [1.54, 1.807) is 13.1 Å². The summed E-state index contributed by atoms with van der Waals surface area (Å²) in [6.07, 6.45) is 4.08. The van der Waals surface area contributed by atoms with Crippen LogP contribution in [0, 0.1) is 5.21 Å². The molecule has 0 aromatic heterocycles. The summed E-state index contributed by atoms with van der Waals surface area (Å²) in [7, 11) is 3.13. The van der Waals surface area contributed by atoms with Gasteiger partial charge in [-0.2, -0.15) is 5.23 Å². The maximum absolute atomic E-state index is 11.3. The number of hydrogen-bond acceptors (Lipinski definition) is 3. The fraction of sp³-hybridized carbons (Fsp3) is 0.286. The van der Waals surface area contributed by atoms with Gasteiger partial charge in [0, 0.05) is 20.3 Å². The topological polar surface area (TPSA) is 71.3 Å². The summed E-state index contributed by atoms with van der Waals surface area (Å²) in [4.78, 5) is 13.9. The van der Waals surface area contributed by atoms with Gasteiger partial charge in [0.15, 0.2) is 6.20 Å². The number of allylic oxidation sites excluding steroid dienone is 1. The predicted molar refractivity (Wildman–Crippen MR) is 44.3 cm³/mol. The van der Waals surface area contributed by atoms with Crippen molar-refractivity contribution in [3.05, 3.63) is 29.4 Å². The lowest BCUT2D eigenvalue weighted by Gasteiger charge is -2.27. The van der Waals surface area contributed by atoms with Crippen LogP contribution in [0.4, 0.5) is 4.79 Å². The van der Waals surface area contributed by atoms with E-state index < -0.39 is 5.23 Å². The zero-order valence-corrected chi connectivity index (χ0v) is 7.39. The third kappa shape index (κ3) is 2.05. The molecule has 1 aliphatic rings. The Hall–Kier alpha value is -1.37. The Balaban J connectivity index is 2.91. The van der Waals surface area contributed by atoms with Crippen LogP contribution in [0.1, 0.15) is 0 Å². The number of urea groups is 1. The van der Waals surface area contributed by atoms with Crippen LogP contribution in [-0.4, -0.2) is 35.1 Å². The zero-order chi connectivity index (χ0) is 10.0. The SMILES string of the molecule is CN1C=C/C(=C/[NH+]([O-])O)N(C)C1=O. The van der Waals surface area contributed by atoms with Crippen molar-refractivity contribution in [3.63, 3.8) is 0 Å². The summed E-state index contributed by atoms with van der Waals surface area (Å²) in [6, 6.07) is -0.255. The highest BCUT2D eigenvalue weighted by Gasteiger charge is 2.20. The Labute approximate surface area is 75.5 Å². The second-order valence-corrected chi connectivity index (χ2v) is 2.68. The van der Waals surface area contributed by atoms with E-state index in [2.05, 4.69) is 0 Å². The Kier molecular flexibility index (Phi) is 2.66. The lowest BCUT2D eigenvalue weighted by molar-refractivity contribution is -1.00. The van der Waals surface area contributed by atoms with E-state index in [9.17, 15) is 10.0 Å². The fourth-order valence-electron chi connectivity index (χ4n) is 0.982. The van der Waals surface area contributed by atoms with Gasteiger partial charge in [-0.25, -0.2) is 10.0 Å². The van der Waals surface area contributed by atoms with E-state index in [1.165, 1.54) is 23.0 Å². The van der Waals surface area contributed by atoms with E-state index >= 15 is 0 Å². The Bertz CT molecular complexity index is 272. The summed E-state index contributed by atoms with van der Waals surface area (Å²) in [5.74, 6) is 0. The molecule has 0 aliphatic carbocycles. The molecule has 0 saturated carbocycles. The smallest absolute Gasteiger partial charge is 0.328 e. The summed E-state index contributed by atoms with van der Waals surface area (Å²) < 4.78 is 0. The first-order valence-corrected chi connectivity index (χ1v) is 3.65.